The summed E-state index contributed by atoms with van der Waals surface area (Å²) >= 11 is 0. The molecule has 70 heavy (non-hydrogen) atoms. The van der Waals surface area contributed by atoms with E-state index in [4.69, 9.17) is 9.05 Å². The fourth-order valence-electron chi connectivity index (χ4n) is 8.34. The summed E-state index contributed by atoms with van der Waals surface area (Å²) in [5, 5.41) is 13.9. The second-order valence-electron chi connectivity index (χ2n) is 21.0. The van der Waals surface area contributed by atoms with Crippen LogP contribution >= 0.6 is 7.82 Å². The molecular weight excluding hydrogens is 888 g/mol. The molecule has 0 saturated carbocycles. The molecule has 0 aromatic carbocycles. The van der Waals surface area contributed by atoms with E-state index >= 15 is 0 Å². The van der Waals surface area contributed by atoms with Crippen molar-refractivity contribution in [3.05, 3.63) is 72.9 Å². The van der Waals surface area contributed by atoms with Crippen LogP contribution in [0.15, 0.2) is 72.9 Å². The fraction of sp³-hybridized carbons (Fsp3) is 0.787. The molecule has 0 aromatic heterocycles. The molecule has 0 saturated heterocycles. The summed E-state index contributed by atoms with van der Waals surface area (Å²) in [7, 11) is 1.24. The average Bonchev–Trinajstić information content (AvgIpc) is 3.32. The van der Waals surface area contributed by atoms with Crippen molar-refractivity contribution in [2.24, 2.45) is 0 Å². The Hall–Kier alpha value is -2.06. The predicted octanol–water partition coefficient (Wildman–Crippen LogP) is 17.2. The third-order valence-electron chi connectivity index (χ3n) is 12.9. The first-order chi connectivity index (χ1) is 34.0. The topological polar surface area (TPSA) is 108 Å². The van der Waals surface area contributed by atoms with E-state index in [2.05, 4.69) is 79.9 Å². The van der Waals surface area contributed by atoms with Gasteiger partial charge >= 0.3 is 0 Å². The Morgan fingerprint density at radius 2 is 0.886 bits per heavy atom. The Balaban J connectivity index is 4.18. The van der Waals surface area contributed by atoms with Gasteiger partial charge in [-0.15, -0.1) is 0 Å². The van der Waals surface area contributed by atoms with E-state index in [-0.39, 0.29) is 12.5 Å². The van der Waals surface area contributed by atoms with E-state index in [0.717, 1.165) is 64.2 Å². The van der Waals surface area contributed by atoms with E-state index in [1.54, 1.807) is 6.08 Å². The van der Waals surface area contributed by atoms with Crippen molar-refractivity contribution in [3.63, 3.8) is 0 Å². The number of nitrogens with one attached hydrogen (secondary N) is 1. The van der Waals surface area contributed by atoms with Gasteiger partial charge < -0.3 is 28.8 Å². The molecule has 0 radical (unpaired) electrons. The molecule has 0 rings (SSSR count). The zero-order valence-electron chi connectivity index (χ0n) is 46.5. The van der Waals surface area contributed by atoms with Gasteiger partial charge in [0.25, 0.3) is 7.82 Å². The summed E-state index contributed by atoms with van der Waals surface area (Å²) in [5.41, 5.74) is 0. The molecular formula is C61H113N2O6P. The second-order valence-corrected chi connectivity index (χ2v) is 22.4. The van der Waals surface area contributed by atoms with Crippen molar-refractivity contribution in [1.29, 1.82) is 0 Å². The lowest BCUT2D eigenvalue weighted by atomic mass is 10.0. The van der Waals surface area contributed by atoms with E-state index in [1.165, 1.54) is 173 Å². The lowest BCUT2D eigenvalue weighted by Crippen LogP contribution is -2.45. The predicted molar refractivity (Wildman–Crippen MR) is 302 cm³/mol. The maximum Gasteiger partial charge on any atom is 0.268 e. The Morgan fingerprint density at radius 1 is 0.514 bits per heavy atom. The third kappa shape index (κ3) is 53.7. The molecule has 408 valence electrons. The Bertz CT molecular complexity index is 1370. The van der Waals surface area contributed by atoms with Gasteiger partial charge in [0.15, 0.2) is 0 Å². The molecule has 9 heteroatoms. The number of aliphatic hydroxyl groups excluding tert-OH is 1. The van der Waals surface area contributed by atoms with Crippen LogP contribution in [0.25, 0.3) is 0 Å². The third-order valence-corrected chi connectivity index (χ3v) is 13.9. The number of nitrogens with zero attached hydrogens (tertiary/aromatic N) is 1. The molecule has 0 aromatic rings. The van der Waals surface area contributed by atoms with Crippen LogP contribution in [0.2, 0.25) is 0 Å². The lowest BCUT2D eigenvalue weighted by Gasteiger charge is -2.29. The van der Waals surface area contributed by atoms with Crippen molar-refractivity contribution in [3.8, 4) is 0 Å². The van der Waals surface area contributed by atoms with Crippen molar-refractivity contribution in [2.45, 2.75) is 270 Å². The highest BCUT2D eigenvalue weighted by Gasteiger charge is 2.23. The van der Waals surface area contributed by atoms with Crippen molar-refractivity contribution < 1.29 is 32.9 Å². The maximum atomic E-state index is 13.0. The van der Waals surface area contributed by atoms with Crippen molar-refractivity contribution in [2.75, 3.05) is 40.9 Å². The molecule has 0 fully saturated rings. The van der Waals surface area contributed by atoms with Crippen LogP contribution < -0.4 is 10.2 Å². The van der Waals surface area contributed by atoms with Gasteiger partial charge in [0.2, 0.25) is 5.91 Å². The maximum absolute atomic E-state index is 13.0. The first-order valence-corrected chi connectivity index (χ1v) is 30.8. The van der Waals surface area contributed by atoms with Crippen LogP contribution in [0.1, 0.15) is 258 Å². The number of carbonyl (C=O) groups excluding carboxylic acids is 1. The average molecular weight is 1000 g/mol. The highest BCUT2D eigenvalue weighted by molar-refractivity contribution is 7.45. The molecule has 0 aliphatic carbocycles. The zero-order chi connectivity index (χ0) is 51.3. The minimum absolute atomic E-state index is 0.00771. The Morgan fingerprint density at radius 3 is 1.33 bits per heavy atom. The van der Waals surface area contributed by atoms with Gasteiger partial charge in [0.1, 0.15) is 13.2 Å². The van der Waals surface area contributed by atoms with Crippen LogP contribution in [0.4, 0.5) is 0 Å². The summed E-state index contributed by atoms with van der Waals surface area (Å²) in [6, 6.07) is -0.906. The quantitative estimate of drug-likeness (QED) is 0.0272. The number of hydrogen-bond donors (Lipinski definition) is 2. The number of hydrogen-bond acceptors (Lipinski definition) is 6. The molecule has 0 heterocycles. The zero-order valence-corrected chi connectivity index (χ0v) is 47.4. The van der Waals surface area contributed by atoms with Gasteiger partial charge in [-0.25, -0.2) is 0 Å². The number of carbonyl (C=O) groups is 1. The van der Waals surface area contributed by atoms with Gasteiger partial charge in [-0.1, -0.05) is 254 Å². The number of allylic oxidation sites excluding steroid dienone is 11. The summed E-state index contributed by atoms with van der Waals surface area (Å²) in [4.78, 5) is 25.5. The van der Waals surface area contributed by atoms with E-state index in [1.807, 2.05) is 27.2 Å². The smallest absolute Gasteiger partial charge is 0.268 e. The fourth-order valence-corrected chi connectivity index (χ4v) is 9.06. The van der Waals surface area contributed by atoms with Gasteiger partial charge in [-0.2, -0.15) is 0 Å². The Labute approximate surface area is 434 Å². The number of phosphoric ester groups is 1. The molecule has 1 amide bonds. The van der Waals surface area contributed by atoms with Crippen LogP contribution in [0, 0.1) is 0 Å². The summed E-state index contributed by atoms with van der Waals surface area (Å²) in [6.45, 7) is 4.53. The molecule has 0 bridgehead atoms. The van der Waals surface area contributed by atoms with Crippen LogP contribution in [-0.4, -0.2) is 68.5 Å². The van der Waals surface area contributed by atoms with Crippen LogP contribution in [0.3, 0.4) is 0 Å². The number of unbranched alkanes of at least 4 members (excludes halogenated alkanes) is 30. The highest BCUT2D eigenvalue weighted by Crippen LogP contribution is 2.38. The normalized spacial score (nSPS) is 14.4. The largest absolute Gasteiger partial charge is 0.756 e. The molecule has 3 atom stereocenters. The van der Waals surface area contributed by atoms with E-state index in [9.17, 15) is 19.4 Å². The van der Waals surface area contributed by atoms with Gasteiger partial charge in [-0.05, 0) is 70.6 Å². The standard InChI is InChI=1S/C61H113N2O6P/c1-6-8-10-12-14-16-18-20-22-24-26-27-28-29-30-31-32-33-34-35-37-39-41-43-45-47-49-51-53-55-61(65)62-59(58-69-70(66,67)68-57-56-63(3,4)5)60(64)54-52-50-48-46-44-42-40-38-36-25-23-21-19-17-15-13-11-9-7-2/h8,10,14,16,20,22,26-27,44,46,52,54,59-60,64H,6-7,9,11-13,15,17-19,21,23-25,28-43,45,47-51,53,55-58H2,1-5H3,(H-,62,65,66,67)/b10-8-,16-14-,22-20-,27-26-,46-44+,54-52+. The summed E-state index contributed by atoms with van der Waals surface area (Å²) in [5.74, 6) is -0.207. The van der Waals surface area contributed by atoms with Gasteiger partial charge in [0.05, 0.1) is 39.9 Å². The first kappa shape index (κ1) is 67.9. The Kier molecular flexibility index (Phi) is 50.3. The van der Waals surface area contributed by atoms with Crippen LogP contribution in [-0.2, 0) is 18.4 Å². The molecule has 2 N–H and O–H groups in total. The number of amides is 1. The van der Waals surface area contributed by atoms with E-state index in [0.29, 0.717) is 17.4 Å². The number of likely N-dealkylation sites (N-methyl/N-ethyl adjacent to an activating group) is 1. The number of quaternary nitrogens is 1. The van der Waals surface area contributed by atoms with Crippen LogP contribution in [0.5, 0.6) is 0 Å². The minimum Gasteiger partial charge on any atom is -0.756 e. The second kappa shape index (κ2) is 51.8. The molecule has 0 aliphatic rings. The van der Waals surface area contributed by atoms with Gasteiger partial charge in [-0.3, -0.25) is 9.36 Å². The molecule has 0 spiro atoms. The number of aliphatic hydroxyl groups is 1. The molecule has 0 aliphatic heterocycles. The molecule has 8 nitrogen and oxygen atoms in total. The first-order valence-electron chi connectivity index (χ1n) is 29.3. The highest BCUT2D eigenvalue weighted by atomic mass is 31.2. The van der Waals surface area contributed by atoms with Crippen molar-refractivity contribution >= 4 is 13.7 Å². The monoisotopic (exact) mass is 1000 g/mol. The lowest BCUT2D eigenvalue weighted by molar-refractivity contribution is -0.870. The van der Waals surface area contributed by atoms with Crippen molar-refractivity contribution in [1.82, 2.24) is 5.32 Å². The SMILES string of the molecule is CC/C=C\C/C=C\C/C=C\C/C=C\CCCCCCCCCCCCCCCCCCC(=O)NC(COP(=O)([O-])OCC[N+](C)(C)C)C(O)/C=C/CC/C=C/CCCCCCCCCCCCCCC. The van der Waals surface area contributed by atoms with Gasteiger partial charge in [0, 0.05) is 6.42 Å². The summed E-state index contributed by atoms with van der Waals surface area (Å²) < 4.78 is 23.3. The molecule has 3 unspecified atom stereocenters. The summed E-state index contributed by atoms with van der Waals surface area (Å²) in [6.07, 6.45) is 71.3. The number of rotatable bonds is 53. The number of phosphoric acid groups is 1. The van der Waals surface area contributed by atoms with E-state index < -0.39 is 26.6 Å². The minimum atomic E-state index is -4.61.